The number of carbonyl (C=O) groups is 1. The Kier molecular flexibility index (Phi) is 3.12. The molecule has 1 atom stereocenters. The number of aliphatic hydroxyl groups is 1. The maximum absolute atomic E-state index is 11.9. The number of carbonyl (C=O) groups excluding carboxylic acids is 1. The fourth-order valence-corrected chi connectivity index (χ4v) is 3.21. The van der Waals surface area contributed by atoms with E-state index in [0.29, 0.717) is 11.3 Å². The van der Waals surface area contributed by atoms with Gasteiger partial charge in [0.05, 0.1) is 11.4 Å². The Bertz CT molecular complexity index is 594. The molecule has 4 heteroatoms. The summed E-state index contributed by atoms with van der Waals surface area (Å²) in [4.78, 5) is 12.6. The molecule has 0 bridgehead atoms. The summed E-state index contributed by atoms with van der Waals surface area (Å²) >= 11 is 1.40. The number of rotatable bonds is 3. The lowest BCUT2D eigenvalue weighted by molar-refractivity contribution is 0.0370. The van der Waals surface area contributed by atoms with E-state index in [2.05, 4.69) is 5.32 Å². The normalized spacial score (nSPS) is 21.1. The third-order valence-electron chi connectivity index (χ3n) is 3.61. The predicted octanol–water partition coefficient (Wildman–Crippen LogP) is 2.31. The van der Waals surface area contributed by atoms with Gasteiger partial charge in [-0.2, -0.15) is 0 Å². The van der Waals surface area contributed by atoms with E-state index in [1.165, 1.54) is 16.9 Å². The van der Waals surface area contributed by atoms with Crippen LogP contribution in [-0.2, 0) is 12.0 Å². The predicted molar refractivity (Wildman–Crippen MR) is 75.3 cm³/mol. The fourth-order valence-electron chi connectivity index (χ4n) is 2.57. The second-order valence-corrected chi connectivity index (χ2v) is 5.80. The van der Waals surface area contributed by atoms with E-state index < -0.39 is 5.60 Å². The minimum atomic E-state index is -0.927. The molecule has 3 nitrogen and oxygen atoms in total. The standard InChI is InChI=1S/C15H15NO2S/c17-14(13-6-3-9-19-13)16-10-15(18)8-7-11-4-1-2-5-12(11)15/h1-6,9,18H,7-8,10H2,(H,16,17)/t15-/m1/s1. The van der Waals surface area contributed by atoms with Gasteiger partial charge < -0.3 is 10.4 Å². The Balaban J connectivity index is 1.72. The van der Waals surface area contributed by atoms with Crippen LogP contribution in [0.4, 0.5) is 0 Å². The molecule has 0 saturated heterocycles. The van der Waals surface area contributed by atoms with Crippen molar-refractivity contribution in [3.05, 3.63) is 57.8 Å². The Hall–Kier alpha value is -1.65. The van der Waals surface area contributed by atoms with Gasteiger partial charge in [0.2, 0.25) is 0 Å². The first-order valence-corrected chi connectivity index (χ1v) is 7.19. The maximum Gasteiger partial charge on any atom is 0.261 e. The number of benzene rings is 1. The molecule has 1 aliphatic carbocycles. The first-order chi connectivity index (χ1) is 9.19. The van der Waals surface area contributed by atoms with E-state index in [0.717, 1.165) is 12.0 Å². The van der Waals surface area contributed by atoms with E-state index in [-0.39, 0.29) is 12.5 Å². The molecule has 0 fully saturated rings. The largest absolute Gasteiger partial charge is 0.383 e. The molecule has 0 saturated carbocycles. The van der Waals surface area contributed by atoms with Gasteiger partial charge in [0.1, 0.15) is 5.60 Å². The Morgan fingerprint density at radius 1 is 1.32 bits per heavy atom. The minimum Gasteiger partial charge on any atom is -0.383 e. The van der Waals surface area contributed by atoms with Crippen LogP contribution < -0.4 is 5.32 Å². The first-order valence-electron chi connectivity index (χ1n) is 6.31. The molecule has 0 unspecified atom stereocenters. The van der Waals surface area contributed by atoms with Crippen molar-refractivity contribution < 1.29 is 9.90 Å². The van der Waals surface area contributed by atoms with Gasteiger partial charge in [-0.3, -0.25) is 4.79 Å². The fraction of sp³-hybridized carbons (Fsp3) is 0.267. The second kappa shape index (κ2) is 4.79. The number of thiophene rings is 1. The summed E-state index contributed by atoms with van der Waals surface area (Å²) in [6.07, 6.45) is 1.53. The first kappa shape index (κ1) is 12.4. The topological polar surface area (TPSA) is 49.3 Å². The average Bonchev–Trinajstić information content (AvgIpc) is 3.06. The lowest BCUT2D eigenvalue weighted by Crippen LogP contribution is -2.39. The van der Waals surface area contributed by atoms with Crippen LogP contribution in [0.2, 0.25) is 0 Å². The van der Waals surface area contributed by atoms with Crippen molar-refractivity contribution >= 4 is 17.2 Å². The van der Waals surface area contributed by atoms with Gasteiger partial charge >= 0.3 is 0 Å². The van der Waals surface area contributed by atoms with Gasteiger partial charge in [-0.25, -0.2) is 0 Å². The molecule has 1 amide bonds. The van der Waals surface area contributed by atoms with E-state index >= 15 is 0 Å². The van der Waals surface area contributed by atoms with Crippen LogP contribution in [-0.4, -0.2) is 17.6 Å². The van der Waals surface area contributed by atoms with Crippen molar-refractivity contribution in [1.29, 1.82) is 0 Å². The molecule has 2 N–H and O–H groups in total. The van der Waals surface area contributed by atoms with Crippen LogP contribution in [0.5, 0.6) is 0 Å². The van der Waals surface area contributed by atoms with Crippen molar-refractivity contribution in [2.75, 3.05) is 6.54 Å². The van der Waals surface area contributed by atoms with E-state index in [1.807, 2.05) is 35.7 Å². The number of fused-ring (bicyclic) bond motifs is 1. The van der Waals surface area contributed by atoms with Gasteiger partial charge in [0, 0.05) is 0 Å². The molecule has 0 aliphatic heterocycles. The van der Waals surface area contributed by atoms with Crippen LogP contribution in [0.25, 0.3) is 0 Å². The van der Waals surface area contributed by atoms with E-state index in [9.17, 15) is 9.90 Å². The van der Waals surface area contributed by atoms with E-state index in [1.54, 1.807) is 6.07 Å². The monoisotopic (exact) mass is 273 g/mol. The molecule has 3 rings (SSSR count). The van der Waals surface area contributed by atoms with Gasteiger partial charge in [-0.15, -0.1) is 11.3 Å². The van der Waals surface area contributed by atoms with E-state index in [4.69, 9.17) is 0 Å². The molecule has 1 aliphatic rings. The van der Waals surface area contributed by atoms with Gasteiger partial charge in [0.15, 0.2) is 0 Å². The Morgan fingerprint density at radius 2 is 2.16 bits per heavy atom. The number of aryl methyl sites for hydroxylation is 1. The molecule has 1 heterocycles. The van der Waals surface area contributed by atoms with Crippen molar-refractivity contribution in [3.8, 4) is 0 Å². The third-order valence-corrected chi connectivity index (χ3v) is 4.48. The van der Waals surface area contributed by atoms with Crippen LogP contribution in [0.1, 0.15) is 27.2 Å². The van der Waals surface area contributed by atoms with Crippen LogP contribution >= 0.6 is 11.3 Å². The highest BCUT2D eigenvalue weighted by Crippen LogP contribution is 2.36. The number of hydrogen-bond acceptors (Lipinski definition) is 3. The summed E-state index contributed by atoms with van der Waals surface area (Å²) in [5, 5.41) is 15.4. The van der Waals surface area contributed by atoms with Crippen LogP contribution in [0.3, 0.4) is 0 Å². The lowest BCUT2D eigenvalue weighted by Gasteiger charge is -2.24. The molecule has 1 aromatic carbocycles. The summed E-state index contributed by atoms with van der Waals surface area (Å²) in [6, 6.07) is 11.5. The number of amides is 1. The van der Waals surface area contributed by atoms with Crippen molar-refractivity contribution in [2.24, 2.45) is 0 Å². The molecule has 0 radical (unpaired) electrons. The highest BCUT2D eigenvalue weighted by atomic mass is 32.1. The van der Waals surface area contributed by atoms with Crippen LogP contribution in [0, 0.1) is 0 Å². The van der Waals surface area contributed by atoms with Crippen molar-refractivity contribution in [1.82, 2.24) is 5.32 Å². The summed E-state index contributed by atoms with van der Waals surface area (Å²) in [5.74, 6) is -0.118. The highest BCUT2D eigenvalue weighted by molar-refractivity contribution is 7.12. The average molecular weight is 273 g/mol. The molecule has 1 aromatic heterocycles. The Morgan fingerprint density at radius 3 is 2.95 bits per heavy atom. The SMILES string of the molecule is O=C(NC[C@]1(O)CCc2ccccc21)c1cccs1. The van der Waals surface area contributed by atoms with Gasteiger partial charge in [-0.1, -0.05) is 30.3 Å². The zero-order valence-electron chi connectivity index (χ0n) is 10.4. The molecule has 2 aromatic rings. The number of nitrogens with one attached hydrogen (secondary N) is 1. The summed E-state index contributed by atoms with van der Waals surface area (Å²) in [5.41, 5.74) is 1.20. The van der Waals surface area contributed by atoms with Crippen LogP contribution in [0.15, 0.2) is 41.8 Å². The lowest BCUT2D eigenvalue weighted by atomic mass is 9.96. The Labute approximate surface area is 115 Å². The second-order valence-electron chi connectivity index (χ2n) is 4.85. The van der Waals surface area contributed by atoms with Gasteiger partial charge in [0.25, 0.3) is 5.91 Å². The molecule has 19 heavy (non-hydrogen) atoms. The summed E-state index contributed by atoms with van der Waals surface area (Å²) in [7, 11) is 0. The quantitative estimate of drug-likeness (QED) is 0.901. The molecular weight excluding hydrogens is 258 g/mol. The zero-order chi connectivity index (χ0) is 13.3. The summed E-state index contributed by atoms with van der Waals surface area (Å²) < 4.78 is 0. The molecule has 98 valence electrons. The minimum absolute atomic E-state index is 0.118. The summed E-state index contributed by atoms with van der Waals surface area (Å²) in [6.45, 7) is 0.265. The molecular formula is C15H15NO2S. The maximum atomic E-state index is 11.9. The molecule has 0 spiro atoms. The third kappa shape index (κ3) is 2.29. The smallest absolute Gasteiger partial charge is 0.261 e. The number of hydrogen-bond donors (Lipinski definition) is 2. The van der Waals surface area contributed by atoms with Gasteiger partial charge in [-0.05, 0) is 35.4 Å². The highest BCUT2D eigenvalue weighted by Gasteiger charge is 2.36. The van der Waals surface area contributed by atoms with Crippen molar-refractivity contribution in [3.63, 3.8) is 0 Å². The van der Waals surface area contributed by atoms with Crippen molar-refractivity contribution in [2.45, 2.75) is 18.4 Å². The zero-order valence-corrected chi connectivity index (χ0v) is 11.2.